The first-order valence-corrected chi connectivity index (χ1v) is 9.86. The van der Waals surface area contributed by atoms with E-state index in [4.69, 9.17) is 16.3 Å². The zero-order chi connectivity index (χ0) is 21.3. The molecule has 2 aliphatic rings. The van der Waals surface area contributed by atoms with Gasteiger partial charge in [0.15, 0.2) is 0 Å². The Hall–Kier alpha value is -3.32. The molecule has 7 nitrogen and oxygen atoms in total. The molecule has 0 unspecified atom stereocenters. The van der Waals surface area contributed by atoms with Crippen LogP contribution >= 0.6 is 11.6 Å². The molecular formula is C22H20ClN3O4. The minimum atomic E-state index is -0.719. The van der Waals surface area contributed by atoms with E-state index in [1.165, 1.54) is 4.90 Å². The van der Waals surface area contributed by atoms with E-state index >= 15 is 0 Å². The lowest BCUT2D eigenvalue weighted by Crippen LogP contribution is -2.50. The van der Waals surface area contributed by atoms with Gasteiger partial charge in [0.2, 0.25) is 5.91 Å². The van der Waals surface area contributed by atoms with Crippen LogP contribution in [-0.4, -0.2) is 36.0 Å². The Morgan fingerprint density at radius 3 is 2.67 bits per heavy atom. The van der Waals surface area contributed by atoms with Crippen LogP contribution in [0.15, 0.2) is 59.8 Å². The SMILES string of the molecule is Cc1ccc(CNC(=O)CN2C(=O)N[C@@H](c3ccccc3Cl)C3=C2COC3=O)cc1. The monoisotopic (exact) mass is 425 g/mol. The van der Waals surface area contributed by atoms with Gasteiger partial charge >= 0.3 is 12.0 Å². The Balaban J connectivity index is 1.52. The largest absolute Gasteiger partial charge is 0.456 e. The summed E-state index contributed by atoms with van der Waals surface area (Å²) in [4.78, 5) is 38.9. The molecule has 0 bridgehead atoms. The molecule has 2 N–H and O–H groups in total. The molecule has 2 aromatic rings. The van der Waals surface area contributed by atoms with E-state index in [0.29, 0.717) is 28.4 Å². The third-order valence-electron chi connectivity index (χ3n) is 5.13. The van der Waals surface area contributed by atoms with Gasteiger partial charge in [0.05, 0.1) is 17.3 Å². The van der Waals surface area contributed by atoms with Gasteiger partial charge in [-0.05, 0) is 24.1 Å². The molecule has 0 fully saturated rings. The average Bonchev–Trinajstić information content (AvgIpc) is 3.11. The van der Waals surface area contributed by atoms with E-state index in [0.717, 1.165) is 11.1 Å². The number of amides is 3. The van der Waals surface area contributed by atoms with E-state index in [2.05, 4.69) is 10.6 Å². The highest BCUT2D eigenvalue weighted by Crippen LogP contribution is 2.37. The van der Waals surface area contributed by atoms with Crippen LogP contribution in [0.1, 0.15) is 22.7 Å². The van der Waals surface area contributed by atoms with Crippen LogP contribution in [0.4, 0.5) is 4.79 Å². The van der Waals surface area contributed by atoms with Crippen molar-refractivity contribution < 1.29 is 19.1 Å². The number of halogens is 1. The molecule has 2 aliphatic heterocycles. The molecule has 2 heterocycles. The van der Waals surface area contributed by atoms with Gasteiger partial charge in [-0.25, -0.2) is 9.59 Å². The smallest absolute Gasteiger partial charge is 0.338 e. The molecule has 0 aliphatic carbocycles. The number of carbonyl (C=O) groups excluding carboxylic acids is 3. The summed E-state index contributed by atoms with van der Waals surface area (Å²) >= 11 is 6.27. The highest BCUT2D eigenvalue weighted by molar-refractivity contribution is 6.31. The van der Waals surface area contributed by atoms with Gasteiger partial charge < -0.3 is 15.4 Å². The predicted octanol–water partition coefficient (Wildman–Crippen LogP) is 2.84. The van der Waals surface area contributed by atoms with Gasteiger partial charge in [-0.1, -0.05) is 59.6 Å². The van der Waals surface area contributed by atoms with Gasteiger partial charge in [0.25, 0.3) is 0 Å². The number of nitrogens with zero attached hydrogens (tertiary/aromatic N) is 1. The van der Waals surface area contributed by atoms with Gasteiger partial charge in [0.1, 0.15) is 13.2 Å². The van der Waals surface area contributed by atoms with Gasteiger partial charge in [0, 0.05) is 11.6 Å². The number of cyclic esters (lactones) is 1. The summed E-state index contributed by atoms with van der Waals surface area (Å²) in [6.07, 6.45) is 0. The number of benzene rings is 2. The highest BCUT2D eigenvalue weighted by Gasteiger charge is 2.43. The number of esters is 1. The van der Waals surface area contributed by atoms with E-state index < -0.39 is 18.0 Å². The highest BCUT2D eigenvalue weighted by atomic mass is 35.5. The molecule has 1 atom stereocenters. The lowest BCUT2D eigenvalue weighted by Gasteiger charge is -2.32. The van der Waals surface area contributed by atoms with Crippen LogP contribution in [-0.2, 0) is 20.9 Å². The molecule has 8 heteroatoms. The molecule has 2 aromatic carbocycles. The van der Waals surface area contributed by atoms with Gasteiger partial charge in [-0.2, -0.15) is 0 Å². The topological polar surface area (TPSA) is 87.7 Å². The number of urea groups is 1. The molecule has 0 spiro atoms. The Kier molecular flexibility index (Phi) is 5.46. The fourth-order valence-electron chi connectivity index (χ4n) is 3.53. The third-order valence-corrected chi connectivity index (χ3v) is 5.47. The van der Waals surface area contributed by atoms with Crippen molar-refractivity contribution in [3.05, 3.63) is 81.5 Å². The van der Waals surface area contributed by atoms with Crippen molar-refractivity contribution in [1.82, 2.24) is 15.5 Å². The van der Waals surface area contributed by atoms with Crippen LogP contribution in [0.5, 0.6) is 0 Å². The van der Waals surface area contributed by atoms with Crippen LogP contribution in [0.2, 0.25) is 5.02 Å². The van der Waals surface area contributed by atoms with Crippen molar-refractivity contribution in [2.45, 2.75) is 19.5 Å². The second kappa shape index (κ2) is 8.20. The second-order valence-corrected chi connectivity index (χ2v) is 7.60. The average molecular weight is 426 g/mol. The van der Waals surface area contributed by atoms with Crippen LogP contribution in [0, 0.1) is 6.92 Å². The normalized spacial score (nSPS) is 18.1. The Bertz CT molecular complexity index is 1050. The maximum Gasteiger partial charge on any atom is 0.338 e. The number of ether oxygens (including phenoxy) is 1. The second-order valence-electron chi connectivity index (χ2n) is 7.19. The first kappa shape index (κ1) is 20.0. The molecule has 4 rings (SSSR count). The van der Waals surface area contributed by atoms with E-state index in [9.17, 15) is 14.4 Å². The van der Waals surface area contributed by atoms with Gasteiger partial charge in [-0.3, -0.25) is 9.69 Å². The minimum Gasteiger partial charge on any atom is -0.456 e. The van der Waals surface area contributed by atoms with Crippen LogP contribution in [0.3, 0.4) is 0 Å². The number of rotatable bonds is 5. The van der Waals surface area contributed by atoms with Gasteiger partial charge in [-0.15, -0.1) is 0 Å². The summed E-state index contributed by atoms with van der Waals surface area (Å²) in [7, 11) is 0. The number of hydrogen-bond donors (Lipinski definition) is 2. The maximum atomic E-state index is 12.8. The number of nitrogens with one attached hydrogen (secondary N) is 2. The first-order chi connectivity index (χ1) is 14.4. The zero-order valence-corrected chi connectivity index (χ0v) is 17.0. The number of carbonyl (C=O) groups is 3. The minimum absolute atomic E-state index is 0.0617. The molecule has 154 valence electrons. The predicted molar refractivity (Wildman–Crippen MR) is 110 cm³/mol. The van der Waals surface area contributed by atoms with Crippen molar-refractivity contribution in [2.24, 2.45) is 0 Å². The fraction of sp³-hybridized carbons (Fsp3) is 0.227. The Labute approximate surface area is 178 Å². The Morgan fingerprint density at radius 1 is 1.20 bits per heavy atom. The summed E-state index contributed by atoms with van der Waals surface area (Å²) in [6.45, 7) is 2.05. The standard InChI is InChI=1S/C22H20ClN3O4/c1-13-6-8-14(9-7-13)10-24-18(27)11-26-17-12-30-21(28)19(17)20(25-22(26)29)15-4-2-3-5-16(15)23/h2-9,20H,10-12H2,1H3,(H,24,27)(H,25,29)/t20-/m0/s1. The Morgan fingerprint density at radius 2 is 1.93 bits per heavy atom. The molecular weight excluding hydrogens is 406 g/mol. The number of aryl methyl sites for hydroxylation is 1. The molecule has 0 saturated carbocycles. The molecule has 30 heavy (non-hydrogen) atoms. The fourth-order valence-corrected chi connectivity index (χ4v) is 3.77. The molecule has 0 radical (unpaired) electrons. The summed E-state index contributed by atoms with van der Waals surface area (Å²) < 4.78 is 5.17. The zero-order valence-electron chi connectivity index (χ0n) is 16.3. The summed E-state index contributed by atoms with van der Waals surface area (Å²) in [5.74, 6) is -0.867. The van der Waals surface area contributed by atoms with Crippen molar-refractivity contribution in [1.29, 1.82) is 0 Å². The molecule has 0 aromatic heterocycles. The summed E-state index contributed by atoms with van der Waals surface area (Å²) in [6, 6.07) is 13.6. The lowest BCUT2D eigenvalue weighted by atomic mass is 9.95. The van der Waals surface area contributed by atoms with Crippen LogP contribution in [0.25, 0.3) is 0 Å². The summed E-state index contributed by atoms with van der Waals surface area (Å²) in [5, 5.41) is 6.00. The van der Waals surface area contributed by atoms with E-state index in [-0.39, 0.29) is 19.1 Å². The maximum absolute atomic E-state index is 12.8. The molecule has 3 amide bonds. The summed E-state index contributed by atoms with van der Waals surface area (Å²) in [5.41, 5.74) is 3.37. The van der Waals surface area contributed by atoms with E-state index in [1.54, 1.807) is 24.3 Å². The molecule has 0 saturated heterocycles. The van der Waals surface area contributed by atoms with Crippen molar-refractivity contribution in [3.63, 3.8) is 0 Å². The first-order valence-electron chi connectivity index (χ1n) is 9.49. The van der Waals surface area contributed by atoms with E-state index in [1.807, 2.05) is 31.2 Å². The van der Waals surface area contributed by atoms with Crippen molar-refractivity contribution >= 4 is 29.5 Å². The van der Waals surface area contributed by atoms with Crippen LogP contribution < -0.4 is 10.6 Å². The third kappa shape index (κ3) is 3.89. The van der Waals surface area contributed by atoms with Crippen molar-refractivity contribution in [2.75, 3.05) is 13.2 Å². The quantitative estimate of drug-likeness (QED) is 0.721. The van der Waals surface area contributed by atoms with Crippen molar-refractivity contribution in [3.8, 4) is 0 Å². The number of hydrogen-bond acceptors (Lipinski definition) is 4. The lowest BCUT2D eigenvalue weighted by molar-refractivity contribution is -0.136.